The normalized spacial score (nSPS) is 10.4. The van der Waals surface area contributed by atoms with Crippen LogP contribution in [0.1, 0.15) is 28.8 Å². The lowest BCUT2D eigenvalue weighted by atomic mass is 10.2. The molecule has 0 saturated carbocycles. The molecule has 0 spiro atoms. The lowest BCUT2D eigenvalue weighted by Crippen LogP contribution is -2.30. The Hall–Kier alpha value is -2.44. The van der Waals surface area contributed by atoms with Gasteiger partial charge in [0.2, 0.25) is 0 Å². The number of nitrogens with zero attached hydrogens (tertiary/aromatic N) is 3. The summed E-state index contributed by atoms with van der Waals surface area (Å²) in [7, 11) is 0. The Morgan fingerprint density at radius 2 is 2.26 bits per heavy atom. The van der Waals surface area contributed by atoms with Gasteiger partial charge in [-0.15, -0.1) is 10.2 Å². The second kappa shape index (κ2) is 5.47. The predicted molar refractivity (Wildman–Crippen MR) is 68.7 cm³/mol. The third kappa shape index (κ3) is 2.87. The molecule has 2 aromatic heterocycles. The molecule has 0 atom stereocenters. The Morgan fingerprint density at radius 1 is 1.47 bits per heavy atom. The smallest absolute Gasteiger partial charge is 0.260 e. The van der Waals surface area contributed by atoms with Crippen LogP contribution in [-0.2, 0) is 13.1 Å². The van der Waals surface area contributed by atoms with Crippen LogP contribution >= 0.6 is 0 Å². The average Bonchev–Trinajstić information content (AvgIpc) is 2.83. The molecule has 7 heteroatoms. The number of carbonyl (C=O) groups is 1. The fourth-order valence-corrected chi connectivity index (χ4v) is 1.69. The Bertz CT molecular complexity index is 644. The van der Waals surface area contributed by atoms with Crippen LogP contribution in [0.15, 0.2) is 23.3 Å². The van der Waals surface area contributed by atoms with Gasteiger partial charge in [-0.1, -0.05) is 0 Å². The Kier molecular flexibility index (Phi) is 3.74. The summed E-state index contributed by atoms with van der Waals surface area (Å²) in [6, 6.07) is 3.19. The van der Waals surface area contributed by atoms with Crippen molar-refractivity contribution in [2.75, 3.05) is 0 Å². The van der Waals surface area contributed by atoms with Gasteiger partial charge in [0.1, 0.15) is 11.9 Å². The molecule has 0 unspecified atom stereocenters. The zero-order valence-electron chi connectivity index (χ0n) is 10.8. The van der Waals surface area contributed by atoms with Crippen LogP contribution in [0.3, 0.4) is 0 Å². The fraction of sp³-hybridized carbons (Fsp3) is 0.333. The van der Waals surface area contributed by atoms with E-state index < -0.39 is 11.5 Å². The zero-order valence-corrected chi connectivity index (χ0v) is 10.8. The van der Waals surface area contributed by atoms with Crippen molar-refractivity contribution in [3.8, 4) is 0 Å². The number of hydrogen-bond acceptors (Lipinski definition) is 4. The molecular weight excluding hydrogens is 246 g/mol. The lowest BCUT2D eigenvalue weighted by Gasteiger charge is -2.05. The predicted octanol–water partition coefficient (Wildman–Crippen LogP) is 0.225. The second-order valence-electron chi connectivity index (χ2n) is 4.10. The minimum atomic E-state index is -0.424. The first-order valence-corrected chi connectivity index (χ1v) is 5.96. The third-order valence-electron chi connectivity index (χ3n) is 2.74. The highest BCUT2D eigenvalue weighted by molar-refractivity contribution is 5.93. The van der Waals surface area contributed by atoms with E-state index in [9.17, 15) is 9.59 Å². The van der Waals surface area contributed by atoms with Gasteiger partial charge < -0.3 is 14.9 Å². The number of pyridine rings is 1. The maximum absolute atomic E-state index is 11.9. The summed E-state index contributed by atoms with van der Waals surface area (Å²) in [4.78, 5) is 26.1. The number of carbonyl (C=O) groups excluding carboxylic acids is 1. The summed E-state index contributed by atoms with van der Waals surface area (Å²) in [5.74, 6) is 0.228. The van der Waals surface area contributed by atoms with Crippen molar-refractivity contribution in [2.45, 2.75) is 26.9 Å². The van der Waals surface area contributed by atoms with Crippen LogP contribution in [0.4, 0.5) is 0 Å². The molecule has 0 aliphatic rings. The zero-order chi connectivity index (χ0) is 13.8. The summed E-state index contributed by atoms with van der Waals surface area (Å²) in [6.07, 6.45) is 1.60. The fourth-order valence-electron chi connectivity index (χ4n) is 1.69. The summed E-state index contributed by atoms with van der Waals surface area (Å²) in [5.41, 5.74) is 0.412. The van der Waals surface area contributed by atoms with Gasteiger partial charge in [-0.05, 0) is 26.0 Å². The standard InChI is InChI=1S/C12H15N5O2/c1-3-17-7-14-16-10(17)6-13-11(18)9-5-4-8(2)15-12(9)19/h4-5,7H,3,6H2,1-2H3,(H,13,18)(H,15,19). The number of aryl methyl sites for hydroxylation is 2. The summed E-state index contributed by atoms with van der Waals surface area (Å²) >= 11 is 0. The van der Waals surface area contributed by atoms with Crippen LogP contribution in [0.5, 0.6) is 0 Å². The van der Waals surface area contributed by atoms with Gasteiger partial charge in [-0.3, -0.25) is 9.59 Å². The SMILES string of the molecule is CCn1cnnc1CNC(=O)c1ccc(C)[nH]c1=O. The topological polar surface area (TPSA) is 92.7 Å². The van der Waals surface area contributed by atoms with E-state index >= 15 is 0 Å². The molecule has 0 aliphatic carbocycles. The molecule has 0 bridgehead atoms. The van der Waals surface area contributed by atoms with E-state index in [1.54, 1.807) is 19.3 Å². The first-order valence-electron chi connectivity index (χ1n) is 5.96. The molecule has 0 radical (unpaired) electrons. The van der Waals surface area contributed by atoms with Crippen LogP contribution in [0.2, 0.25) is 0 Å². The van der Waals surface area contributed by atoms with E-state index in [-0.39, 0.29) is 12.1 Å². The maximum Gasteiger partial charge on any atom is 0.260 e. The summed E-state index contributed by atoms with van der Waals surface area (Å²) in [6.45, 7) is 4.68. The van der Waals surface area contributed by atoms with E-state index in [1.807, 2.05) is 11.5 Å². The van der Waals surface area contributed by atoms with Crippen LogP contribution in [0, 0.1) is 6.92 Å². The molecule has 0 aromatic carbocycles. The third-order valence-corrected chi connectivity index (χ3v) is 2.74. The molecule has 0 fully saturated rings. The Balaban J connectivity index is 2.08. The minimum Gasteiger partial charge on any atom is -0.345 e. The Labute approximate surface area is 109 Å². The van der Waals surface area contributed by atoms with Crippen molar-refractivity contribution in [1.82, 2.24) is 25.1 Å². The Morgan fingerprint density at radius 3 is 2.95 bits per heavy atom. The molecule has 0 aliphatic heterocycles. The molecule has 19 heavy (non-hydrogen) atoms. The summed E-state index contributed by atoms with van der Waals surface area (Å²) in [5, 5.41) is 10.3. The number of hydrogen-bond donors (Lipinski definition) is 2. The van der Waals surface area contributed by atoms with Crippen LogP contribution in [0.25, 0.3) is 0 Å². The quantitative estimate of drug-likeness (QED) is 0.823. The highest BCUT2D eigenvalue weighted by Gasteiger charge is 2.11. The first-order chi connectivity index (χ1) is 9.11. The van der Waals surface area contributed by atoms with Crippen molar-refractivity contribution >= 4 is 5.91 Å². The molecule has 0 saturated heterocycles. The van der Waals surface area contributed by atoms with Crippen molar-refractivity contribution < 1.29 is 4.79 Å². The van der Waals surface area contributed by atoms with Crippen molar-refractivity contribution in [3.05, 3.63) is 45.9 Å². The first kappa shape index (κ1) is 13.0. The number of rotatable bonds is 4. The van der Waals surface area contributed by atoms with E-state index in [0.29, 0.717) is 11.5 Å². The van der Waals surface area contributed by atoms with Gasteiger partial charge in [0.25, 0.3) is 11.5 Å². The number of aromatic nitrogens is 4. The summed E-state index contributed by atoms with van der Waals surface area (Å²) < 4.78 is 1.82. The molecule has 2 aromatic rings. The van der Waals surface area contributed by atoms with E-state index in [4.69, 9.17) is 0 Å². The molecule has 1 amide bonds. The molecule has 2 heterocycles. The number of amides is 1. The van der Waals surface area contributed by atoms with E-state index in [1.165, 1.54) is 6.07 Å². The van der Waals surface area contributed by atoms with Crippen molar-refractivity contribution in [2.24, 2.45) is 0 Å². The second-order valence-corrected chi connectivity index (χ2v) is 4.10. The van der Waals surface area contributed by atoms with Crippen LogP contribution < -0.4 is 10.9 Å². The molecule has 2 rings (SSSR count). The molecular formula is C12H15N5O2. The van der Waals surface area contributed by atoms with Gasteiger partial charge in [-0.2, -0.15) is 0 Å². The van der Waals surface area contributed by atoms with Gasteiger partial charge in [0, 0.05) is 12.2 Å². The highest BCUT2D eigenvalue weighted by Crippen LogP contribution is 1.97. The molecule has 2 N–H and O–H groups in total. The van der Waals surface area contributed by atoms with E-state index in [2.05, 4.69) is 20.5 Å². The minimum absolute atomic E-state index is 0.0909. The molecule has 7 nitrogen and oxygen atoms in total. The number of H-pyrrole nitrogens is 1. The maximum atomic E-state index is 11.9. The monoisotopic (exact) mass is 261 g/mol. The average molecular weight is 261 g/mol. The van der Waals surface area contributed by atoms with Crippen LogP contribution in [-0.4, -0.2) is 25.7 Å². The molecule has 100 valence electrons. The van der Waals surface area contributed by atoms with Gasteiger partial charge >= 0.3 is 0 Å². The van der Waals surface area contributed by atoms with Crippen molar-refractivity contribution in [3.63, 3.8) is 0 Å². The van der Waals surface area contributed by atoms with Gasteiger partial charge in [0.15, 0.2) is 5.82 Å². The highest BCUT2D eigenvalue weighted by atomic mass is 16.2. The van der Waals surface area contributed by atoms with Gasteiger partial charge in [-0.25, -0.2) is 0 Å². The number of aromatic amines is 1. The largest absolute Gasteiger partial charge is 0.345 e. The lowest BCUT2D eigenvalue weighted by molar-refractivity contribution is 0.0948. The number of nitrogens with one attached hydrogen (secondary N) is 2. The van der Waals surface area contributed by atoms with E-state index in [0.717, 1.165) is 6.54 Å². The van der Waals surface area contributed by atoms with Crippen molar-refractivity contribution in [1.29, 1.82) is 0 Å². The van der Waals surface area contributed by atoms with Gasteiger partial charge in [0.05, 0.1) is 6.54 Å².